The predicted molar refractivity (Wildman–Crippen MR) is 70.0 cm³/mol. The maximum Gasteiger partial charge on any atom is 0.187 e. The minimum absolute atomic E-state index is 0.302. The SMILES string of the molecule is Oc1c(F)cc(CNCc2ccc(Cl)cc2)cc1F. The van der Waals surface area contributed by atoms with Gasteiger partial charge >= 0.3 is 0 Å². The number of hydrogen-bond donors (Lipinski definition) is 2. The van der Waals surface area contributed by atoms with Crippen LogP contribution < -0.4 is 5.32 Å². The Bertz CT molecular complexity index is 549. The van der Waals surface area contributed by atoms with Crippen molar-refractivity contribution >= 4 is 11.6 Å². The Hall–Kier alpha value is -1.65. The van der Waals surface area contributed by atoms with E-state index in [1.807, 2.05) is 12.1 Å². The Labute approximate surface area is 114 Å². The summed E-state index contributed by atoms with van der Waals surface area (Å²) in [6.07, 6.45) is 0. The summed E-state index contributed by atoms with van der Waals surface area (Å²) in [6.45, 7) is 0.859. The smallest absolute Gasteiger partial charge is 0.187 e. The molecule has 0 radical (unpaired) electrons. The second-order valence-electron chi connectivity index (χ2n) is 4.14. The molecule has 0 amide bonds. The van der Waals surface area contributed by atoms with Gasteiger partial charge < -0.3 is 10.4 Å². The van der Waals surface area contributed by atoms with Gasteiger partial charge in [-0.05, 0) is 35.4 Å². The van der Waals surface area contributed by atoms with E-state index in [0.717, 1.165) is 17.7 Å². The maximum absolute atomic E-state index is 13.1. The molecule has 0 spiro atoms. The van der Waals surface area contributed by atoms with E-state index in [2.05, 4.69) is 5.32 Å². The van der Waals surface area contributed by atoms with Crippen LogP contribution in [0.1, 0.15) is 11.1 Å². The van der Waals surface area contributed by atoms with Gasteiger partial charge in [-0.1, -0.05) is 23.7 Å². The average Bonchev–Trinajstić information content (AvgIpc) is 2.38. The standard InChI is InChI=1S/C14H12ClF2NO/c15-11-3-1-9(2-4-11)7-18-8-10-5-12(16)14(19)13(17)6-10/h1-6,18-19H,7-8H2. The van der Waals surface area contributed by atoms with Crippen molar-refractivity contribution in [2.45, 2.75) is 13.1 Å². The molecule has 2 aromatic rings. The van der Waals surface area contributed by atoms with Gasteiger partial charge in [0.25, 0.3) is 0 Å². The Balaban J connectivity index is 1.94. The molecule has 0 atom stereocenters. The van der Waals surface area contributed by atoms with Crippen LogP contribution in [0.15, 0.2) is 36.4 Å². The molecule has 0 aliphatic heterocycles. The molecule has 0 aromatic heterocycles. The van der Waals surface area contributed by atoms with Crippen molar-refractivity contribution < 1.29 is 13.9 Å². The molecule has 2 nitrogen and oxygen atoms in total. The number of hydrogen-bond acceptors (Lipinski definition) is 2. The first kappa shape index (κ1) is 13.8. The molecule has 0 fully saturated rings. The highest BCUT2D eigenvalue weighted by molar-refractivity contribution is 6.30. The van der Waals surface area contributed by atoms with Crippen molar-refractivity contribution in [3.63, 3.8) is 0 Å². The number of phenolic OH excluding ortho intramolecular Hbond substituents is 1. The molecule has 2 N–H and O–H groups in total. The first-order valence-corrected chi connectivity index (χ1v) is 6.06. The van der Waals surface area contributed by atoms with E-state index >= 15 is 0 Å². The van der Waals surface area contributed by atoms with Crippen LogP contribution in [0.25, 0.3) is 0 Å². The summed E-state index contributed by atoms with van der Waals surface area (Å²) in [7, 11) is 0. The molecule has 2 aromatic carbocycles. The monoisotopic (exact) mass is 283 g/mol. The van der Waals surface area contributed by atoms with E-state index in [1.165, 1.54) is 0 Å². The molecule has 100 valence electrons. The van der Waals surface area contributed by atoms with Crippen LogP contribution >= 0.6 is 11.6 Å². The maximum atomic E-state index is 13.1. The molecule has 0 saturated carbocycles. The van der Waals surface area contributed by atoms with Gasteiger partial charge in [0, 0.05) is 18.1 Å². The predicted octanol–water partition coefficient (Wildman–Crippen LogP) is 3.61. The zero-order chi connectivity index (χ0) is 13.8. The highest BCUT2D eigenvalue weighted by Crippen LogP contribution is 2.21. The minimum Gasteiger partial charge on any atom is -0.503 e. The molecular weight excluding hydrogens is 272 g/mol. The number of phenols is 1. The van der Waals surface area contributed by atoms with Crippen LogP contribution in [0, 0.1) is 11.6 Å². The van der Waals surface area contributed by atoms with Crippen LogP contribution in [0.3, 0.4) is 0 Å². The third-order valence-corrected chi connectivity index (χ3v) is 2.90. The van der Waals surface area contributed by atoms with E-state index in [4.69, 9.17) is 16.7 Å². The highest BCUT2D eigenvalue weighted by atomic mass is 35.5. The van der Waals surface area contributed by atoms with E-state index < -0.39 is 17.4 Å². The zero-order valence-corrected chi connectivity index (χ0v) is 10.7. The summed E-state index contributed by atoms with van der Waals surface area (Å²) < 4.78 is 26.2. The lowest BCUT2D eigenvalue weighted by atomic mass is 10.2. The molecule has 19 heavy (non-hydrogen) atoms. The number of rotatable bonds is 4. The number of nitrogens with one attached hydrogen (secondary N) is 1. The topological polar surface area (TPSA) is 32.3 Å². The molecular formula is C14H12ClF2NO. The van der Waals surface area contributed by atoms with Gasteiger partial charge in [0.2, 0.25) is 0 Å². The van der Waals surface area contributed by atoms with E-state index in [-0.39, 0.29) is 0 Å². The summed E-state index contributed by atoms with van der Waals surface area (Å²) in [5, 5.41) is 12.7. The Morgan fingerprint density at radius 1 is 0.947 bits per heavy atom. The van der Waals surface area contributed by atoms with Gasteiger partial charge in [0.05, 0.1) is 0 Å². The molecule has 0 bridgehead atoms. The second kappa shape index (κ2) is 5.99. The Kier molecular flexibility index (Phi) is 4.35. The van der Waals surface area contributed by atoms with E-state index in [1.54, 1.807) is 12.1 Å². The summed E-state index contributed by atoms with van der Waals surface area (Å²) in [4.78, 5) is 0. The molecule has 0 heterocycles. The normalized spacial score (nSPS) is 10.7. The van der Waals surface area contributed by atoms with Gasteiger partial charge in [-0.3, -0.25) is 0 Å². The molecule has 2 rings (SSSR count). The van der Waals surface area contributed by atoms with Gasteiger partial charge in [-0.25, -0.2) is 8.78 Å². The fourth-order valence-corrected chi connectivity index (χ4v) is 1.80. The second-order valence-corrected chi connectivity index (χ2v) is 4.57. The molecule has 0 saturated heterocycles. The largest absolute Gasteiger partial charge is 0.503 e. The van der Waals surface area contributed by atoms with Crippen molar-refractivity contribution in [3.8, 4) is 5.75 Å². The third-order valence-electron chi connectivity index (χ3n) is 2.65. The lowest BCUT2D eigenvalue weighted by molar-refractivity contribution is 0.395. The molecule has 0 aliphatic rings. The summed E-state index contributed by atoms with van der Waals surface area (Å²) in [6, 6.07) is 9.50. The summed E-state index contributed by atoms with van der Waals surface area (Å²) in [5.41, 5.74) is 1.45. The molecule has 0 aliphatic carbocycles. The highest BCUT2D eigenvalue weighted by Gasteiger charge is 2.09. The van der Waals surface area contributed by atoms with Gasteiger partial charge in [0.1, 0.15) is 0 Å². The minimum atomic E-state index is -0.955. The van der Waals surface area contributed by atoms with Crippen LogP contribution in [0.5, 0.6) is 5.75 Å². The van der Waals surface area contributed by atoms with Crippen LogP contribution in [-0.2, 0) is 13.1 Å². The molecule has 5 heteroatoms. The van der Waals surface area contributed by atoms with E-state index in [9.17, 15) is 8.78 Å². The Morgan fingerprint density at radius 2 is 1.47 bits per heavy atom. The zero-order valence-electron chi connectivity index (χ0n) is 9.96. The Morgan fingerprint density at radius 3 is 2.05 bits per heavy atom. The van der Waals surface area contributed by atoms with Crippen molar-refractivity contribution in [2.75, 3.05) is 0 Å². The van der Waals surface area contributed by atoms with Crippen molar-refractivity contribution in [2.24, 2.45) is 0 Å². The van der Waals surface area contributed by atoms with Gasteiger partial charge in [-0.2, -0.15) is 0 Å². The lowest BCUT2D eigenvalue weighted by Gasteiger charge is -2.07. The third kappa shape index (κ3) is 3.66. The summed E-state index contributed by atoms with van der Waals surface area (Å²) in [5.74, 6) is -2.85. The lowest BCUT2D eigenvalue weighted by Crippen LogP contribution is -2.13. The average molecular weight is 284 g/mol. The van der Waals surface area contributed by atoms with Crippen LogP contribution in [-0.4, -0.2) is 5.11 Å². The first-order chi connectivity index (χ1) is 9.06. The summed E-state index contributed by atoms with van der Waals surface area (Å²) >= 11 is 5.76. The van der Waals surface area contributed by atoms with Crippen LogP contribution in [0.2, 0.25) is 5.02 Å². The number of benzene rings is 2. The van der Waals surface area contributed by atoms with Crippen molar-refractivity contribution in [1.82, 2.24) is 5.32 Å². The van der Waals surface area contributed by atoms with Gasteiger partial charge in [-0.15, -0.1) is 0 Å². The number of halogens is 3. The van der Waals surface area contributed by atoms with E-state index in [0.29, 0.717) is 23.7 Å². The fraction of sp³-hybridized carbons (Fsp3) is 0.143. The molecule has 0 unspecified atom stereocenters. The van der Waals surface area contributed by atoms with Crippen molar-refractivity contribution in [1.29, 1.82) is 0 Å². The van der Waals surface area contributed by atoms with Crippen LogP contribution in [0.4, 0.5) is 8.78 Å². The van der Waals surface area contributed by atoms with Gasteiger partial charge in [0.15, 0.2) is 17.4 Å². The first-order valence-electron chi connectivity index (χ1n) is 5.68. The fourth-order valence-electron chi connectivity index (χ4n) is 1.67. The van der Waals surface area contributed by atoms with Crippen molar-refractivity contribution in [3.05, 3.63) is 64.2 Å². The number of aromatic hydroxyl groups is 1. The quantitative estimate of drug-likeness (QED) is 0.898.